The van der Waals surface area contributed by atoms with Gasteiger partial charge in [-0.1, -0.05) is 6.92 Å². The van der Waals surface area contributed by atoms with Crippen LogP contribution in [0.3, 0.4) is 0 Å². The number of nitrogens with zero attached hydrogens (tertiary/aromatic N) is 2. The first-order valence-electron chi connectivity index (χ1n) is 8.74. The van der Waals surface area contributed by atoms with E-state index in [9.17, 15) is 26.3 Å². The van der Waals surface area contributed by atoms with E-state index in [0.29, 0.717) is 24.1 Å². The fraction of sp³-hybridized carbons (Fsp3) is 0.474. The summed E-state index contributed by atoms with van der Waals surface area (Å²) in [4.78, 5) is 8.26. The summed E-state index contributed by atoms with van der Waals surface area (Å²) in [5.74, 6) is -1.05. The fourth-order valence-electron chi connectivity index (χ4n) is 2.68. The molecule has 0 aliphatic heterocycles. The normalized spacial score (nSPS) is 15.2. The second kappa shape index (κ2) is 8.54. The Balaban J connectivity index is 3.03. The van der Waals surface area contributed by atoms with E-state index in [0.717, 1.165) is 24.5 Å². The molecule has 0 N–H and O–H groups in total. The smallest absolute Gasteiger partial charge is 0.403 e. The monoisotopic (exact) mass is 454 g/mol. The second-order valence-electron chi connectivity index (χ2n) is 6.60. The van der Waals surface area contributed by atoms with Crippen LogP contribution in [-0.2, 0) is 10.3 Å². The van der Waals surface area contributed by atoms with Crippen LogP contribution >= 0.6 is 11.3 Å². The maximum atomic E-state index is 13.9. The van der Waals surface area contributed by atoms with Gasteiger partial charge in [0.05, 0.1) is 0 Å². The van der Waals surface area contributed by atoms with E-state index in [1.54, 1.807) is 19.2 Å². The lowest BCUT2D eigenvalue weighted by Crippen LogP contribution is -2.42. The number of thiazole rings is 1. The molecule has 0 aliphatic rings. The quantitative estimate of drug-likeness (QED) is 0.351. The number of methoxy groups -OCH3 is 1. The zero-order valence-corrected chi connectivity index (χ0v) is 17.6. The van der Waals surface area contributed by atoms with Crippen LogP contribution in [0, 0.1) is 6.92 Å². The third kappa shape index (κ3) is 4.77. The molecular formula is C19H20F6N2O2S. The van der Waals surface area contributed by atoms with E-state index in [4.69, 9.17) is 4.74 Å². The topological polar surface area (TPSA) is 43.7 Å². The van der Waals surface area contributed by atoms with Crippen LogP contribution in [0.25, 0.3) is 10.6 Å². The Morgan fingerprint density at radius 1 is 1.20 bits per heavy atom. The van der Waals surface area contributed by atoms with Crippen molar-refractivity contribution in [2.24, 2.45) is 4.99 Å². The van der Waals surface area contributed by atoms with Crippen LogP contribution in [0.1, 0.15) is 38.3 Å². The summed E-state index contributed by atoms with van der Waals surface area (Å²) < 4.78 is 90.2. The zero-order chi connectivity index (χ0) is 22.9. The van der Waals surface area contributed by atoms with Crippen molar-refractivity contribution in [1.29, 1.82) is 0 Å². The summed E-state index contributed by atoms with van der Waals surface area (Å²) in [5, 5.41) is 1.94. The minimum Gasteiger partial charge on any atom is -0.403 e. The van der Waals surface area contributed by atoms with Gasteiger partial charge in [-0.3, -0.25) is 4.99 Å². The Morgan fingerprint density at radius 2 is 1.83 bits per heavy atom. The molecule has 2 aromatic rings. The minimum absolute atomic E-state index is 0.210. The van der Waals surface area contributed by atoms with Gasteiger partial charge >= 0.3 is 12.5 Å². The largest absolute Gasteiger partial charge is 0.573 e. The Morgan fingerprint density at radius 3 is 2.27 bits per heavy atom. The molecule has 11 heteroatoms. The van der Waals surface area contributed by atoms with E-state index < -0.39 is 29.5 Å². The van der Waals surface area contributed by atoms with Gasteiger partial charge in [-0.15, -0.1) is 24.5 Å². The van der Waals surface area contributed by atoms with Crippen LogP contribution in [0.15, 0.2) is 22.6 Å². The molecule has 0 radical (unpaired) electrons. The van der Waals surface area contributed by atoms with E-state index in [-0.39, 0.29) is 16.8 Å². The average molecular weight is 454 g/mol. The molecular weight excluding hydrogens is 434 g/mol. The summed E-state index contributed by atoms with van der Waals surface area (Å²) >= 11 is 1.13. The lowest BCUT2D eigenvalue weighted by atomic mass is 9.89. The van der Waals surface area contributed by atoms with Crippen LogP contribution < -0.4 is 4.74 Å². The summed E-state index contributed by atoms with van der Waals surface area (Å²) in [6, 6.07) is 0.979. The van der Waals surface area contributed by atoms with E-state index in [2.05, 4.69) is 14.7 Å². The molecule has 1 aromatic heterocycles. The maximum Gasteiger partial charge on any atom is 0.573 e. The maximum absolute atomic E-state index is 13.9. The molecule has 2 rings (SSSR count). The first kappa shape index (κ1) is 24.1. The zero-order valence-electron chi connectivity index (χ0n) is 16.8. The standard InChI is InChI=1S/C19H20F6N2O2S/c1-6-10(2)27-14-11(3)12(16-26-7-8-30-16)9-13(15(14)29-19(23,24)25)17(4,28-5)18(20,21)22/h7-9H,6H2,1-5H3. The highest BCUT2D eigenvalue weighted by atomic mass is 32.1. The van der Waals surface area contributed by atoms with Gasteiger partial charge in [0.2, 0.25) is 0 Å². The van der Waals surface area contributed by atoms with Crippen molar-refractivity contribution >= 4 is 22.7 Å². The highest BCUT2D eigenvalue weighted by Crippen LogP contribution is 2.52. The molecule has 0 saturated carbocycles. The minimum atomic E-state index is -5.24. The molecule has 1 atom stereocenters. The third-order valence-electron chi connectivity index (χ3n) is 4.67. The number of ether oxygens (including phenoxy) is 2. The van der Waals surface area contributed by atoms with Gasteiger partial charge in [0.1, 0.15) is 10.7 Å². The molecule has 1 heterocycles. The summed E-state index contributed by atoms with van der Waals surface area (Å²) in [7, 11) is 0.772. The van der Waals surface area contributed by atoms with E-state index in [1.807, 2.05) is 0 Å². The van der Waals surface area contributed by atoms with Crippen LogP contribution in [0.4, 0.5) is 32.0 Å². The van der Waals surface area contributed by atoms with Gasteiger partial charge in [0.15, 0.2) is 11.4 Å². The van der Waals surface area contributed by atoms with Crippen molar-refractivity contribution in [3.8, 4) is 16.3 Å². The molecule has 0 saturated heterocycles. The molecule has 166 valence electrons. The lowest BCUT2D eigenvalue weighted by Gasteiger charge is -2.33. The van der Waals surface area contributed by atoms with E-state index >= 15 is 0 Å². The van der Waals surface area contributed by atoms with Gasteiger partial charge in [0, 0.05) is 35.5 Å². The number of benzene rings is 1. The van der Waals surface area contributed by atoms with Gasteiger partial charge < -0.3 is 9.47 Å². The van der Waals surface area contributed by atoms with Gasteiger partial charge in [-0.05, 0) is 38.8 Å². The van der Waals surface area contributed by atoms with Gasteiger partial charge in [0.25, 0.3) is 0 Å². The molecule has 1 unspecified atom stereocenters. The van der Waals surface area contributed by atoms with Crippen molar-refractivity contribution in [3.05, 3.63) is 28.8 Å². The van der Waals surface area contributed by atoms with Crippen molar-refractivity contribution in [2.75, 3.05) is 7.11 Å². The van der Waals surface area contributed by atoms with Crippen molar-refractivity contribution in [1.82, 2.24) is 4.98 Å². The first-order chi connectivity index (χ1) is 13.7. The Labute approximate surface area is 173 Å². The Bertz CT molecular complexity index is 923. The average Bonchev–Trinajstić information content (AvgIpc) is 3.16. The number of aromatic nitrogens is 1. The van der Waals surface area contributed by atoms with Crippen LogP contribution in [-0.4, -0.2) is 30.3 Å². The number of rotatable bonds is 6. The summed E-state index contributed by atoms with van der Waals surface area (Å²) in [6.07, 6.45) is -8.46. The molecule has 0 spiro atoms. The highest BCUT2D eigenvalue weighted by molar-refractivity contribution is 7.13. The Hall–Kier alpha value is -2.14. The fourth-order valence-corrected chi connectivity index (χ4v) is 3.39. The lowest BCUT2D eigenvalue weighted by molar-refractivity contribution is -0.283. The number of alkyl halides is 6. The predicted octanol–water partition coefficient (Wildman–Crippen LogP) is 6.94. The van der Waals surface area contributed by atoms with Crippen molar-refractivity contribution in [2.45, 2.75) is 52.3 Å². The summed E-state index contributed by atoms with van der Waals surface area (Å²) in [5.41, 5.74) is -3.43. The van der Waals surface area contributed by atoms with Gasteiger partial charge in [-0.25, -0.2) is 4.98 Å². The molecule has 30 heavy (non-hydrogen) atoms. The molecule has 0 fully saturated rings. The number of hydrogen-bond acceptors (Lipinski definition) is 5. The molecule has 0 amide bonds. The molecule has 0 aliphatic carbocycles. The van der Waals surface area contributed by atoms with Crippen molar-refractivity contribution < 1.29 is 35.8 Å². The highest BCUT2D eigenvalue weighted by Gasteiger charge is 2.56. The number of aliphatic imine (C=N–C) groups is 1. The second-order valence-corrected chi connectivity index (χ2v) is 7.49. The number of hydrogen-bond donors (Lipinski definition) is 0. The summed E-state index contributed by atoms with van der Waals surface area (Å²) in [6.45, 7) is 5.39. The van der Waals surface area contributed by atoms with Crippen LogP contribution in [0.5, 0.6) is 5.75 Å². The van der Waals surface area contributed by atoms with Gasteiger partial charge in [-0.2, -0.15) is 13.2 Å². The van der Waals surface area contributed by atoms with Crippen molar-refractivity contribution in [3.63, 3.8) is 0 Å². The Kier molecular flexibility index (Phi) is 6.87. The molecule has 0 bridgehead atoms. The predicted molar refractivity (Wildman–Crippen MR) is 102 cm³/mol. The third-order valence-corrected chi connectivity index (χ3v) is 5.47. The molecule has 4 nitrogen and oxygen atoms in total. The molecule has 1 aromatic carbocycles. The SMILES string of the molecule is CCC(C)=Nc1c(C)c(-c2nccs2)cc(C(C)(OC)C(F)(F)F)c1OC(F)(F)F. The first-order valence-corrected chi connectivity index (χ1v) is 9.62. The van der Waals surface area contributed by atoms with E-state index in [1.165, 1.54) is 13.1 Å². The van der Waals surface area contributed by atoms with Crippen LogP contribution in [0.2, 0.25) is 0 Å². The number of halogens is 6.